The number of rotatable bonds is 0. The number of thiophene rings is 1. The molecular weight excluding hydrogens is 180 g/mol. The van der Waals surface area contributed by atoms with Crippen LogP contribution in [0.4, 0.5) is 0 Å². The minimum absolute atomic E-state index is 0.371. The SMILES string of the molecule is Cc1sc(C)c2c1CC1C(=O)CC21. The van der Waals surface area contributed by atoms with Crippen molar-refractivity contribution >= 4 is 17.1 Å². The van der Waals surface area contributed by atoms with Gasteiger partial charge in [0.05, 0.1) is 0 Å². The maximum atomic E-state index is 11.3. The fourth-order valence-corrected chi connectivity index (χ4v) is 4.00. The summed E-state index contributed by atoms with van der Waals surface area (Å²) in [6, 6.07) is 0. The molecule has 3 rings (SSSR count). The molecule has 1 heterocycles. The highest BCUT2D eigenvalue weighted by Crippen LogP contribution is 2.52. The van der Waals surface area contributed by atoms with Crippen LogP contribution in [0.15, 0.2) is 0 Å². The molecule has 0 amide bonds. The molecule has 0 radical (unpaired) electrons. The molecule has 1 aromatic heterocycles. The van der Waals surface area contributed by atoms with Crippen molar-refractivity contribution < 1.29 is 4.79 Å². The zero-order chi connectivity index (χ0) is 9.16. The van der Waals surface area contributed by atoms with Crippen molar-refractivity contribution in [3.05, 3.63) is 20.9 Å². The quantitative estimate of drug-likeness (QED) is 0.617. The first-order chi connectivity index (χ1) is 6.18. The van der Waals surface area contributed by atoms with E-state index in [-0.39, 0.29) is 0 Å². The van der Waals surface area contributed by atoms with Crippen LogP contribution in [0.2, 0.25) is 0 Å². The lowest BCUT2D eigenvalue weighted by atomic mass is 9.73. The maximum absolute atomic E-state index is 11.3. The second kappa shape index (κ2) is 2.24. The van der Waals surface area contributed by atoms with Crippen LogP contribution in [0.3, 0.4) is 0 Å². The van der Waals surface area contributed by atoms with E-state index in [1.165, 1.54) is 20.9 Å². The van der Waals surface area contributed by atoms with Crippen LogP contribution in [0.5, 0.6) is 0 Å². The minimum atomic E-state index is 0.371. The molecule has 0 saturated heterocycles. The summed E-state index contributed by atoms with van der Waals surface area (Å²) >= 11 is 1.90. The Kier molecular flexibility index (Phi) is 1.33. The lowest BCUT2D eigenvalue weighted by Crippen LogP contribution is -2.32. The topological polar surface area (TPSA) is 17.1 Å². The van der Waals surface area contributed by atoms with E-state index in [9.17, 15) is 4.79 Å². The fourth-order valence-electron chi connectivity index (χ4n) is 2.84. The van der Waals surface area contributed by atoms with Gasteiger partial charge in [-0.25, -0.2) is 0 Å². The number of fused-ring (bicyclic) bond motifs is 3. The monoisotopic (exact) mass is 192 g/mol. The Morgan fingerprint density at radius 1 is 1.15 bits per heavy atom. The molecule has 1 fully saturated rings. The molecule has 1 aromatic rings. The van der Waals surface area contributed by atoms with Crippen LogP contribution in [-0.2, 0) is 11.2 Å². The van der Waals surface area contributed by atoms with E-state index in [2.05, 4.69) is 13.8 Å². The molecule has 0 aromatic carbocycles. The molecule has 2 unspecified atom stereocenters. The van der Waals surface area contributed by atoms with Gasteiger partial charge in [0.2, 0.25) is 0 Å². The molecule has 68 valence electrons. The van der Waals surface area contributed by atoms with Crippen LogP contribution in [-0.4, -0.2) is 5.78 Å². The first-order valence-electron chi connectivity index (χ1n) is 4.80. The summed E-state index contributed by atoms with van der Waals surface area (Å²) in [5.74, 6) is 1.47. The summed E-state index contributed by atoms with van der Waals surface area (Å²) in [5.41, 5.74) is 3.04. The zero-order valence-corrected chi connectivity index (χ0v) is 8.70. The van der Waals surface area contributed by atoms with Gasteiger partial charge in [0.1, 0.15) is 5.78 Å². The Labute approximate surface area is 81.8 Å². The Hall–Kier alpha value is -0.630. The van der Waals surface area contributed by atoms with Gasteiger partial charge >= 0.3 is 0 Å². The number of hydrogen-bond acceptors (Lipinski definition) is 2. The predicted octanol–water partition coefficient (Wildman–Crippen LogP) is 2.59. The van der Waals surface area contributed by atoms with Crippen molar-refractivity contribution in [3.63, 3.8) is 0 Å². The molecule has 1 saturated carbocycles. The summed E-state index contributed by atoms with van der Waals surface area (Å²) in [5, 5.41) is 0. The standard InChI is InChI=1S/C11H12OS/c1-5-7-3-8-9(4-10(8)12)11(7)6(2)13-5/h8-9H,3-4H2,1-2H3. The average molecular weight is 192 g/mol. The van der Waals surface area contributed by atoms with Crippen LogP contribution in [0.25, 0.3) is 0 Å². The summed E-state index contributed by atoms with van der Waals surface area (Å²) in [6.45, 7) is 4.38. The number of hydrogen-bond donors (Lipinski definition) is 0. The fraction of sp³-hybridized carbons (Fsp3) is 0.545. The highest BCUT2D eigenvalue weighted by molar-refractivity contribution is 7.12. The normalized spacial score (nSPS) is 29.8. The van der Waals surface area contributed by atoms with Crippen LogP contribution in [0, 0.1) is 19.8 Å². The summed E-state index contributed by atoms with van der Waals surface area (Å²) < 4.78 is 0. The number of carbonyl (C=O) groups excluding carboxylic acids is 1. The Balaban J connectivity index is 2.14. The van der Waals surface area contributed by atoms with E-state index in [1.807, 2.05) is 11.3 Å². The molecule has 0 N–H and O–H groups in total. The second-order valence-corrected chi connectivity index (χ2v) is 5.62. The maximum Gasteiger partial charge on any atom is 0.137 e. The molecule has 0 aliphatic heterocycles. The predicted molar refractivity (Wildman–Crippen MR) is 53.4 cm³/mol. The number of carbonyl (C=O) groups is 1. The van der Waals surface area contributed by atoms with Gasteiger partial charge < -0.3 is 0 Å². The van der Waals surface area contributed by atoms with E-state index in [1.54, 1.807) is 0 Å². The third kappa shape index (κ3) is 0.798. The van der Waals surface area contributed by atoms with Gasteiger partial charge in [-0.2, -0.15) is 0 Å². The van der Waals surface area contributed by atoms with Crippen molar-refractivity contribution in [2.24, 2.45) is 5.92 Å². The van der Waals surface area contributed by atoms with E-state index in [4.69, 9.17) is 0 Å². The van der Waals surface area contributed by atoms with E-state index >= 15 is 0 Å². The number of ketones is 1. The van der Waals surface area contributed by atoms with E-state index in [0.717, 1.165) is 12.8 Å². The first-order valence-corrected chi connectivity index (χ1v) is 5.61. The molecule has 2 atom stereocenters. The molecule has 1 nitrogen and oxygen atoms in total. The van der Waals surface area contributed by atoms with Gasteiger partial charge in [0, 0.05) is 28.0 Å². The average Bonchev–Trinajstić information content (AvgIpc) is 2.50. The number of aryl methyl sites for hydroxylation is 2. The summed E-state index contributed by atoms with van der Waals surface area (Å²) in [6.07, 6.45) is 1.85. The summed E-state index contributed by atoms with van der Waals surface area (Å²) in [7, 11) is 0. The van der Waals surface area contributed by atoms with Gasteiger partial charge in [-0.3, -0.25) is 4.79 Å². The summed E-state index contributed by atoms with van der Waals surface area (Å²) in [4.78, 5) is 14.2. The Morgan fingerprint density at radius 2 is 1.92 bits per heavy atom. The Morgan fingerprint density at radius 3 is 2.62 bits per heavy atom. The van der Waals surface area contributed by atoms with Gasteiger partial charge in [-0.05, 0) is 31.4 Å². The van der Waals surface area contributed by atoms with Gasteiger partial charge in [-0.1, -0.05) is 0 Å². The zero-order valence-electron chi connectivity index (χ0n) is 7.89. The largest absolute Gasteiger partial charge is 0.299 e. The third-order valence-electron chi connectivity index (χ3n) is 3.55. The first kappa shape index (κ1) is 7.74. The molecule has 2 heteroatoms. The number of Topliss-reactive ketones (excluding diaryl/α,β-unsaturated/α-hetero) is 1. The van der Waals surface area contributed by atoms with Crippen molar-refractivity contribution in [2.75, 3.05) is 0 Å². The minimum Gasteiger partial charge on any atom is -0.299 e. The third-order valence-corrected chi connectivity index (χ3v) is 4.63. The highest BCUT2D eigenvalue weighted by Gasteiger charge is 2.47. The molecule has 0 bridgehead atoms. The lowest BCUT2D eigenvalue weighted by Gasteiger charge is -2.29. The van der Waals surface area contributed by atoms with Crippen molar-refractivity contribution in [1.82, 2.24) is 0 Å². The molecular formula is C11H12OS. The van der Waals surface area contributed by atoms with Crippen LogP contribution in [0.1, 0.15) is 33.2 Å². The van der Waals surface area contributed by atoms with Gasteiger partial charge in [0.15, 0.2) is 0 Å². The molecule has 0 spiro atoms. The molecule has 13 heavy (non-hydrogen) atoms. The van der Waals surface area contributed by atoms with Crippen molar-refractivity contribution in [1.29, 1.82) is 0 Å². The molecule has 2 aliphatic rings. The van der Waals surface area contributed by atoms with Crippen molar-refractivity contribution in [2.45, 2.75) is 32.6 Å². The van der Waals surface area contributed by atoms with Crippen LogP contribution < -0.4 is 0 Å². The van der Waals surface area contributed by atoms with Gasteiger partial charge in [-0.15, -0.1) is 11.3 Å². The molecule has 2 aliphatic carbocycles. The van der Waals surface area contributed by atoms with E-state index in [0.29, 0.717) is 17.6 Å². The Bertz CT molecular complexity index is 402. The van der Waals surface area contributed by atoms with Gasteiger partial charge in [0.25, 0.3) is 0 Å². The van der Waals surface area contributed by atoms with Crippen molar-refractivity contribution in [3.8, 4) is 0 Å². The highest BCUT2D eigenvalue weighted by atomic mass is 32.1. The van der Waals surface area contributed by atoms with Crippen LogP contribution >= 0.6 is 11.3 Å². The second-order valence-electron chi connectivity index (χ2n) is 4.19. The van der Waals surface area contributed by atoms with E-state index < -0.39 is 0 Å². The smallest absolute Gasteiger partial charge is 0.137 e. The lowest BCUT2D eigenvalue weighted by molar-refractivity contribution is -0.130.